The van der Waals surface area contributed by atoms with Crippen molar-refractivity contribution in [2.75, 3.05) is 18.0 Å². The van der Waals surface area contributed by atoms with Crippen LogP contribution in [-0.4, -0.2) is 19.4 Å². The lowest BCUT2D eigenvalue weighted by Gasteiger charge is -2.24. The Hall–Kier alpha value is -2.33. The van der Waals surface area contributed by atoms with E-state index in [-0.39, 0.29) is 0 Å². The number of nitriles is 2. The van der Waals surface area contributed by atoms with Crippen LogP contribution in [0.3, 0.4) is 0 Å². The highest BCUT2D eigenvalue weighted by molar-refractivity contribution is 5.85. The SMILES string of the molecule is Cc1ccc(N(CCC#N)CCC#N)c(C=O)c1. The van der Waals surface area contributed by atoms with Gasteiger partial charge < -0.3 is 4.90 Å². The van der Waals surface area contributed by atoms with Crippen LogP contribution < -0.4 is 4.90 Å². The fraction of sp³-hybridized carbons (Fsp3) is 0.357. The van der Waals surface area contributed by atoms with Crippen molar-refractivity contribution < 1.29 is 4.79 Å². The summed E-state index contributed by atoms with van der Waals surface area (Å²) in [5.41, 5.74) is 2.41. The number of aryl methyl sites for hydroxylation is 1. The zero-order valence-electron chi connectivity index (χ0n) is 10.4. The van der Waals surface area contributed by atoms with Crippen LogP contribution in [0.1, 0.15) is 28.8 Å². The molecule has 0 aromatic heterocycles. The molecule has 0 atom stereocenters. The standard InChI is InChI=1S/C14H15N3O/c1-12-4-5-14(13(10-12)11-18)17(8-2-6-15)9-3-7-16/h4-5,10-11H,2-3,8-9H2,1H3. The molecule has 1 rings (SSSR count). The molecule has 0 aliphatic carbocycles. The maximum absolute atomic E-state index is 11.1. The molecule has 0 amide bonds. The van der Waals surface area contributed by atoms with E-state index in [2.05, 4.69) is 12.1 Å². The summed E-state index contributed by atoms with van der Waals surface area (Å²) in [6.07, 6.45) is 1.56. The van der Waals surface area contributed by atoms with Gasteiger partial charge in [0.15, 0.2) is 6.29 Å². The first-order valence-electron chi connectivity index (χ1n) is 5.77. The predicted octanol–water partition coefficient (Wildman–Crippen LogP) is 2.44. The molecule has 0 bridgehead atoms. The van der Waals surface area contributed by atoms with Crippen molar-refractivity contribution in [2.45, 2.75) is 19.8 Å². The summed E-state index contributed by atoms with van der Waals surface area (Å²) in [6, 6.07) is 9.77. The lowest BCUT2D eigenvalue weighted by Crippen LogP contribution is -2.26. The number of nitrogens with zero attached hydrogens (tertiary/aromatic N) is 3. The molecule has 0 heterocycles. The first-order valence-corrected chi connectivity index (χ1v) is 5.77. The van der Waals surface area contributed by atoms with Crippen molar-refractivity contribution in [3.05, 3.63) is 29.3 Å². The van der Waals surface area contributed by atoms with Crippen molar-refractivity contribution in [1.82, 2.24) is 0 Å². The highest BCUT2D eigenvalue weighted by Gasteiger charge is 2.10. The molecule has 0 fully saturated rings. The zero-order chi connectivity index (χ0) is 13.4. The average Bonchev–Trinajstić information content (AvgIpc) is 2.39. The van der Waals surface area contributed by atoms with Gasteiger partial charge in [-0.3, -0.25) is 4.79 Å². The molecule has 0 saturated carbocycles. The van der Waals surface area contributed by atoms with Crippen LogP contribution >= 0.6 is 0 Å². The molecular formula is C14H15N3O. The molecule has 0 N–H and O–H groups in total. The van der Waals surface area contributed by atoms with Crippen LogP contribution in [0.2, 0.25) is 0 Å². The Kier molecular flexibility index (Phi) is 5.41. The van der Waals surface area contributed by atoms with Gasteiger partial charge in [-0.05, 0) is 19.1 Å². The first kappa shape index (κ1) is 13.7. The molecule has 4 heteroatoms. The monoisotopic (exact) mass is 241 g/mol. The second-order valence-corrected chi connectivity index (χ2v) is 3.98. The Labute approximate surface area is 107 Å². The van der Waals surface area contributed by atoms with E-state index in [1.54, 1.807) is 0 Å². The molecule has 4 nitrogen and oxygen atoms in total. The van der Waals surface area contributed by atoms with Crippen molar-refractivity contribution in [1.29, 1.82) is 10.5 Å². The van der Waals surface area contributed by atoms with Gasteiger partial charge in [0.05, 0.1) is 25.0 Å². The second-order valence-electron chi connectivity index (χ2n) is 3.98. The summed E-state index contributed by atoms with van der Waals surface area (Å²) >= 11 is 0. The number of anilines is 1. The number of hydrogen-bond acceptors (Lipinski definition) is 4. The summed E-state index contributed by atoms with van der Waals surface area (Å²) in [4.78, 5) is 13.0. The third-order valence-electron chi connectivity index (χ3n) is 2.64. The second kappa shape index (κ2) is 7.09. The highest BCUT2D eigenvalue weighted by atomic mass is 16.1. The number of carbonyl (C=O) groups is 1. The van der Waals surface area contributed by atoms with Gasteiger partial charge in [0.2, 0.25) is 0 Å². The van der Waals surface area contributed by atoms with Crippen molar-refractivity contribution >= 4 is 12.0 Å². The van der Waals surface area contributed by atoms with Crippen LogP contribution in [0, 0.1) is 29.6 Å². The zero-order valence-corrected chi connectivity index (χ0v) is 10.4. The minimum Gasteiger partial charge on any atom is -0.369 e. The molecule has 1 aromatic carbocycles. The van der Waals surface area contributed by atoms with E-state index >= 15 is 0 Å². The van der Waals surface area contributed by atoms with Gasteiger partial charge in [-0.15, -0.1) is 0 Å². The third kappa shape index (κ3) is 3.61. The summed E-state index contributed by atoms with van der Waals surface area (Å²) in [6.45, 7) is 2.98. The molecule has 1 aromatic rings. The molecule has 0 saturated heterocycles. The number of benzene rings is 1. The van der Waals surface area contributed by atoms with Crippen molar-refractivity contribution in [3.8, 4) is 12.1 Å². The smallest absolute Gasteiger partial charge is 0.152 e. The van der Waals surface area contributed by atoms with Crippen LogP contribution in [0.5, 0.6) is 0 Å². The number of aldehydes is 1. The van der Waals surface area contributed by atoms with Gasteiger partial charge >= 0.3 is 0 Å². The summed E-state index contributed by atoms with van der Waals surface area (Å²) in [5.74, 6) is 0. The van der Waals surface area contributed by atoms with Gasteiger partial charge in [0.25, 0.3) is 0 Å². The topological polar surface area (TPSA) is 67.9 Å². The van der Waals surface area contributed by atoms with Gasteiger partial charge in [0.1, 0.15) is 0 Å². The minimum atomic E-state index is 0.373. The fourth-order valence-corrected chi connectivity index (χ4v) is 1.78. The largest absolute Gasteiger partial charge is 0.369 e. The Balaban J connectivity index is 3.00. The normalized spacial score (nSPS) is 9.28. The number of hydrogen-bond donors (Lipinski definition) is 0. The molecule has 0 radical (unpaired) electrons. The molecular weight excluding hydrogens is 226 g/mol. The summed E-state index contributed by atoms with van der Waals surface area (Å²) in [7, 11) is 0. The van der Waals surface area contributed by atoms with Crippen molar-refractivity contribution in [2.24, 2.45) is 0 Å². The van der Waals surface area contributed by atoms with E-state index in [4.69, 9.17) is 10.5 Å². The molecule has 92 valence electrons. The molecule has 0 spiro atoms. The van der Waals surface area contributed by atoms with Crippen LogP contribution in [-0.2, 0) is 0 Å². The Bertz CT molecular complexity index is 479. The Morgan fingerprint density at radius 1 is 1.22 bits per heavy atom. The van der Waals surface area contributed by atoms with Crippen LogP contribution in [0.15, 0.2) is 18.2 Å². The maximum Gasteiger partial charge on any atom is 0.152 e. The maximum atomic E-state index is 11.1. The first-order chi connectivity index (χ1) is 8.72. The molecule has 0 unspecified atom stereocenters. The fourth-order valence-electron chi connectivity index (χ4n) is 1.78. The Morgan fingerprint density at radius 2 is 1.83 bits per heavy atom. The molecule has 0 aliphatic rings. The number of rotatable bonds is 6. The van der Waals surface area contributed by atoms with Gasteiger partial charge in [-0.25, -0.2) is 0 Å². The quantitative estimate of drug-likeness (QED) is 0.717. The van der Waals surface area contributed by atoms with Gasteiger partial charge in [-0.2, -0.15) is 10.5 Å². The van der Waals surface area contributed by atoms with E-state index in [1.165, 1.54) is 0 Å². The van der Waals surface area contributed by atoms with E-state index in [1.807, 2.05) is 30.0 Å². The van der Waals surface area contributed by atoms with Crippen molar-refractivity contribution in [3.63, 3.8) is 0 Å². The van der Waals surface area contributed by atoms with Gasteiger partial charge in [-0.1, -0.05) is 11.6 Å². The summed E-state index contributed by atoms with van der Waals surface area (Å²) in [5, 5.41) is 17.3. The minimum absolute atomic E-state index is 0.373. The van der Waals surface area contributed by atoms with E-state index < -0.39 is 0 Å². The highest BCUT2D eigenvalue weighted by Crippen LogP contribution is 2.21. The Morgan fingerprint density at radius 3 is 2.33 bits per heavy atom. The third-order valence-corrected chi connectivity index (χ3v) is 2.64. The number of carbonyl (C=O) groups excluding carboxylic acids is 1. The molecule has 0 aliphatic heterocycles. The average molecular weight is 241 g/mol. The predicted molar refractivity (Wildman–Crippen MR) is 69.2 cm³/mol. The van der Waals surface area contributed by atoms with Crippen LogP contribution in [0.4, 0.5) is 5.69 Å². The summed E-state index contributed by atoms with van der Waals surface area (Å²) < 4.78 is 0. The van der Waals surface area contributed by atoms with E-state index in [9.17, 15) is 4.79 Å². The van der Waals surface area contributed by atoms with Crippen LogP contribution in [0.25, 0.3) is 0 Å². The van der Waals surface area contributed by atoms with E-state index in [0.29, 0.717) is 31.5 Å². The lowest BCUT2D eigenvalue weighted by molar-refractivity contribution is 0.112. The lowest BCUT2D eigenvalue weighted by atomic mass is 10.1. The molecule has 18 heavy (non-hydrogen) atoms. The van der Waals surface area contributed by atoms with Gasteiger partial charge in [0, 0.05) is 24.3 Å². The van der Waals surface area contributed by atoms with E-state index in [0.717, 1.165) is 17.5 Å².